The zero-order valence-corrected chi connectivity index (χ0v) is 15.7. The highest BCUT2D eigenvalue weighted by Crippen LogP contribution is 2.35. The van der Waals surface area contributed by atoms with Crippen molar-refractivity contribution in [2.75, 3.05) is 11.9 Å². The Labute approximate surface area is 166 Å². The Morgan fingerprint density at radius 3 is 2.68 bits per heavy atom. The second-order valence-electron chi connectivity index (χ2n) is 6.20. The molecule has 1 aromatic heterocycles. The van der Waals surface area contributed by atoms with E-state index in [1.165, 1.54) is 0 Å². The summed E-state index contributed by atoms with van der Waals surface area (Å²) in [5.74, 6) is 0.618. The molecular formula is C22H16ClNO4. The SMILES string of the molecule is CCOC(=O)c1ccc(-c2ccc(/C=C3\C(=O)Nc4ccc(Cl)cc43)o2)cc1. The van der Waals surface area contributed by atoms with E-state index in [2.05, 4.69) is 5.32 Å². The van der Waals surface area contributed by atoms with Crippen molar-refractivity contribution in [3.63, 3.8) is 0 Å². The molecule has 2 aromatic carbocycles. The summed E-state index contributed by atoms with van der Waals surface area (Å²) in [6, 6.07) is 15.8. The third-order valence-electron chi connectivity index (χ3n) is 4.36. The van der Waals surface area contributed by atoms with E-state index >= 15 is 0 Å². The van der Waals surface area contributed by atoms with Gasteiger partial charge in [-0.1, -0.05) is 23.7 Å². The normalized spacial score (nSPS) is 14.1. The maximum Gasteiger partial charge on any atom is 0.338 e. The highest BCUT2D eigenvalue weighted by Gasteiger charge is 2.24. The molecule has 4 rings (SSSR count). The largest absolute Gasteiger partial charge is 0.462 e. The van der Waals surface area contributed by atoms with E-state index in [9.17, 15) is 9.59 Å². The van der Waals surface area contributed by atoms with Crippen LogP contribution < -0.4 is 5.32 Å². The molecule has 0 fully saturated rings. The van der Waals surface area contributed by atoms with Crippen LogP contribution in [0.25, 0.3) is 23.0 Å². The van der Waals surface area contributed by atoms with E-state index in [1.54, 1.807) is 61.5 Å². The number of furan rings is 1. The number of hydrogen-bond acceptors (Lipinski definition) is 4. The molecule has 1 N–H and O–H groups in total. The second kappa shape index (κ2) is 7.37. The first-order chi connectivity index (χ1) is 13.5. The number of halogens is 1. The molecule has 2 heterocycles. The number of ether oxygens (including phenoxy) is 1. The average Bonchev–Trinajstić information content (AvgIpc) is 3.28. The van der Waals surface area contributed by atoms with Gasteiger partial charge in [-0.25, -0.2) is 4.79 Å². The molecule has 28 heavy (non-hydrogen) atoms. The van der Waals surface area contributed by atoms with Gasteiger partial charge in [-0.05, 0) is 55.5 Å². The Morgan fingerprint density at radius 2 is 1.93 bits per heavy atom. The number of anilines is 1. The molecule has 0 bridgehead atoms. The van der Waals surface area contributed by atoms with Crippen LogP contribution in [0.15, 0.2) is 59.0 Å². The van der Waals surface area contributed by atoms with Crippen molar-refractivity contribution in [1.82, 2.24) is 0 Å². The maximum atomic E-state index is 12.3. The van der Waals surface area contributed by atoms with Gasteiger partial charge in [-0.2, -0.15) is 0 Å². The number of nitrogens with one attached hydrogen (secondary N) is 1. The molecular weight excluding hydrogens is 378 g/mol. The fraction of sp³-hybridized carbons (Fsp3) is 0.0909. The Bertz CT molecular complexity index is 1100. The van der Waals surface area contributed by atoms with Crippen LogP contribution in [0.2, 0.25) is 5.02 Å². The Hall–Kier alpha value is -3.31. The standard InChI is InChI=1S/C22H16ClNO4/c1-2-27-22(26)14-5-3-13(4-6-14)20-10-8-16(28-20)12-18-17-11-15(23)7-9-19(17)24-21(18)25/h3-12H,2H2,1H3,(H,24,25)/b18-12-. The first kappa shape index (κ1) is 18.1. The molecule has 5 nitrogen and oxygen atoms in total. The van der Waals surface area contributed by atoms with Crippen molar-refractivity contribution in [2.24, 2.45) is 0 Å². The fourth-order valence-electron chi connectivity index (χ4n) is 3.02. The molecule has 140 valence electrons. The monoisotopic (exact) mass is 393 g/mol. The Morgan fingerprint density at radius 1 is 1.14 bits per heavy atom. The van der Waals surface area contributed by atoms with Crippen molar-refractivity contribution in [1.29, 1.82) is 0 Å². The van der Waals surface area contributed by atoms with Crippen molar-refractivity contribution in [3.8, 4) is 11.3 Å². The Balaban J connectivity index is 1.60. The van der Waals surface area contributed by atoms with E-state index in [4.69, 9.17) is 20.8 Å². The van der Waals surface area contributed by atoms with Gasteiger partial charge in [0.25, 0.3) is 5.91 Å². The summed E-state index contributed by atoms with van der Waals surface area (Å²) in [5.41, 5.74) is 3.26. The minimum Gasteiger partial charge on any atom is -0.462 e. The lowest BCUT2D eigenvalue weighted by atomic mass is 10.1. The van der Waals surface area contributed by atoms with Crippen LogP contribution in [-0.2, 0) is 9.53 Å². The zero-order valence-electron chi connectivity index (χ0n) is 15.0. The molecule has 0 spiro atoms. The van der Waals surface area contributed by atoms with E-state index in [-0.39, 0.29) is 11.9 Å². The summed E-state index contributed by atoms with van der Waals surface area (Å²) in [6.07, 6.45) is 1.69. The van der Waals surface area contributed by atoms with Crippen LogP contribution in [0.1, 0.15) is 28.6 Å². The van der Waals surface area contributed by atoms with Gasteiger partial charge >= 0.3 is 5.97 Å². The van der Waals surface area contributed by atoms with E-state index in [1.807, 2.05) is 6.07 Å². The van der Waals surface area contributed by atoms with Gasteiger partial charge < -0.3 is 14.5 Å². The third kappa shape index (κ3) is 3.44. The molecule has 6 heteroatoms. The van der Waals surface area contributed by atoms with E-state index in [0.717, 1.165) is 16.8 Å². The molecule has 1 amide bonds. The van der Waals surface area contributed by atoms with Gasteiger partial charge in [0.1, 0.15) is 11.5 Å². The highest BCUT2D eigenvalue weighted by atomic mass is 35.5. The van der Waals surface area contributed by atoms with Crippen LogP contribution >= 0.6 is 11.6 Å². The van der Waals surface area contributed by atoms with Crippen LogP contribution in [0.5, 0.6) is 0 Å². The topological polar surface area (TPSA) is 68.5 Å². The lowest BCUT2D eigenvalue weighted by molar-refractivity contribution is -0.110. The third-order valence-corrected chi connectivity index (χ3v) is 4.59. The molecule has 0 radical (unpaired) electrons. The molecule has 0 atom stereocenters. The van der Waals surface area contributed by atoms with Crippen LogP contribution in [0.4, 0.5) is 5.69 Å². The number of rotatable bonds is 4. The first-order valence-electron chi connectivity index (χ1n) is 8.75. The molecule has 0 saturated heterocycles. The molecule has 0 unspecified atom stereocenters. The average molecular weight is 394 g/mol. The van der Waals surface area contributed by atoms with Crippen molar-refractivity contribution >= 4 is 40.8 Å². The number of benzene rings is 2. The maximum absolute atomic E-state index is 12.3. The van der Waals surface area contributed by atoms with Gasteiger partial charge in [0.15, 0.2) is 0 Å². The number of esters is 1. The van der Waals surface area contributed by atoms with E-state index in [0.29, 0.717) is 34.3 Å². The minimum atomic E-state index is -0.358. The van der Waals surface area contributed by atoms with Crippen LogP contribution in [0.3, 0.4) is 0 Å². The number of fused-ring (bicyclic) bond motifs is 1. The molecule has 0 aliphatic carbocycles. The van der Waals surface area contributed by atoms with Crippen molar-refractivity contribution < 1.29 is 18.7 Å². The fourth-order valence-corrected chi connectivity index (χ4v) is 3.19. The van der Waals surface area contributed by atoms with Gasteiger partial charge in [0, 0.05) is 21.8 Å². The zero-order chi connectivity index (χ0) is 19.7. The molecule has 0 saturated carbocycles. The van der Waals surface area contributed by atoms with Gasteiger partial charge in [0.05, 0.1) is 17.7 Å². The van der Waals surface area contributed by atoms with Crippen molar-refractivity contribution in [3.05, 3.63) is 76.5 Å². The lowest BCUT2D eigenvalue weighted by Gasteiger charge is -2.02. The predicted molar refractivity (Wildman–Crippen MR) is 108 cm³/mol. The Kier molecular flexibility index (Phi) is 4.75. The summed E-state index contributed by atoms with van der Waals surface area (Å²) in [5, 5.41) is 3.37. The first-order valence-corrected chi connectivity index (χ1v) is 9.13. The molecule has 1 aliphatic heterocycles. The minimum absolute atomic E-state index is 0.200. The summed E-state index contributed by atoms with van der Waals surface area (Å²) in [4.78, 5) is 24.0. The quantitative estimate of drug-likeness (QED) is 0.484. The lowest BCUT2D eigenvalue weighted by Crippen LogP contribution is -2.03. The number of amides is 1. The second-order valence-corrected chi connectivity index (χ2v) is 6.64. The van der Waals surface area contributed by atoms with Gasteiger partial charge in [-0.15, -0.1) is 0 Å². The van der Waals surface area contributed by atoms with Crippen molar-refractivity contribution in [2.45, 2.75) is 6.92 Å². The van der Waals surface area contributed by atoms with Gasteiger partial charge in [-0.3, -0.25) is 4.79 Å². The highest BCUT2D eigenvalue weighted by molar-refractivity contribution is 6.36. The number of carbonyl (C=O) groups excluding carboxylic acids is 2. The summed E-state index contributed by atoms with van der Waals surface area (Å²) >= 11 is 6.06. The summed E-state index contributed by atoms with van der Waals surface area (Å²) in [7, 11) is 0. The molecule has 3 aromatic rings. The number of carbonyl (C=O) groups is 2. The van der Waals surface area contributed by atoms with Crippen LogP contribution in [0, 0.1) is 0 Å². The van der Waals surface area contributed by atoms with E-state index < -0.39 is 0 Å². The summed E-state index contributed by atoms with van der Waals surface area (Å²) < 4.78 is 10.8. The van der Waals surface area contributed by atoms with Gasteiger partial charge in [0.2, 0.25) is 0 Å². The molecule has 1 aliphatic rings. The smallest absolute Gasteiger partial charge is 0.338 e. The predicted octanol–water partition coefficient (Wildman–Crippen LogP) is 5.27. The number of hydrogen-bond donors (Lipinski definition) is 1. The van der Waals surface area contributed by atoms with Crippen LogP contribution in [-0.4, -0.2) is 18.5 Å². The summed E-state index contributed by atoms with van der Waals surface area (Å²) in [6.45, 7) is 2.10.